The fourth-order valence-electron chi connectivity index (χ4n) is 2.09. The maximum absolute atomic E-state index is 3.92. The molecule has 0 atom stereocenters. The van der Waals surface area contributed by atoms with Crippen LogP contribution in [0.3, 0.4) is 0 Å². The van der Waals surface area contributed by atoms with E-state index in [1.807, 2.05) is 0 Å². The van der Waals surface area contributed by atoms with E-state index in [9.17, 15) is 0 Å². The monoisotopic (exact) mass is 241 g/mol. The minimum Gasteiger partial charge on any atom is -0.292 e. The minimum absolute atomic E-state index is 0.416. The quantitative estimate of drug-likeness (QED) is 0.429. The molecule has 0 aliphatic rings. The molecule has 0 aromatic carbocycles. The normalized spacial score (nSPS) is 12.0. The lowest BCUT2D eigenvalue weighted by atomic mass is 10.3. The van der Waals surface area contributed by atoms with Gasteiger partial charge < -0.3 is 0 Å². The van der Waals surface area contributed by atoms with Crippen molar-refractivity contribution in [2.75, 3.05) is 26.2 Å². The molecule has 0 aliphatic carbocycles. The Morgan fingerprint density at radius 2 is 0.938 bits per heavy atom. The molecule has 0 spiro atoms. The summed E-state index contributed by atoms with van der Waals surface area (Å²) in [6.07, 6.45) is 4.92. The van der Waals surface area contributed by atoms with Crippen molar-refractivity contribution in [1.82, 2.24) is 9.80 Å². The fourth-order valence-corrected chi connectivity index (χ4v) is 2.61. The van der Waals surface area contributed by atoms with Gasteiger partial charge in [-0.15, -0.1) is 0 Å². The lowest BCUT2D eigenvalue weighted by molar-refractivity contribution is 0.0978. The highest BCUT2D eigenvalue weighted by atomic mass is 28.1. The summed E-state index contributed by atoms with van der Waals surface area (Å²) in [4.78, 5) is 5.09. The van der Waals surface area contributed by atoms with Crippen molar-refractivity contribution in [2.45, 2.75) is 59.2 Å². The van der Waals surface area contributed by atoms with Crippen molar-refractivity contribution < 1.29 is 0 Å². The molecule has 0 bridgehead atoms. The van der Waals surface area contributed by atoms with Gasteiger partial charge in [0.25, 0.3) is 0 Å². The van der Waals surface area contributed by atoms with E-state index in [4.69, 9.17) is 0 Å². The highest BCUT2D eigenvalue weighted by Gasteiger charge is 2.18. The van der Waals surface area contributed by atoms with Crippen LogP contribution in [0.1, 0.15) is 53.4 Å². The molecule has 2 nitrogen and oxygen atoms in total. The van der Waals surface area contributed by atoms with Crippen molar-refractivity contribution in [3.63, 3.8) is 0 Å². The van der Waals surface area contributed by atoms with Crippen LogP contribution >= 0.6 is 0 Å². The van der Waals surface area contributed by atoms with Gasteiger partial charge >= 0.3 is 0 Å². The molecule has 0 saturated heterocycles. The van der Waals surface area contributed by atoms with Crippen molar-refractivity contribution >= 4 is 10.2 Å². The van der Waals surface area contributed by atoms with E-state index in [2.05, 4.69) is 47.7 Å². The second-order valence-corrected chi connectivity index (χ2v) is 4.96. The molecule has 3 heteroatoms. The maximum atomic E-state index is 3.92. The lowest BCUT2D eigenvalue weighted by Crippen LogP contribution is -2.50. The molecular weight excluding hydrogens is 212 g/mol. The summed E-state index contributed by atoms with van der Waals surface area (Å²) < 4.78 is 0. The van der Waals surface area contributed by atoms with Crippen LogP contribution in [-0.4, -0.2) is 52.0 Å². The fraction of sp³-hybridized carbons (Fsp3) is 1.00. The molecule has 0 rings (SSSR count). The van der Waals surface area contributed by atoms with Crippen LogP contribution in [-0.2, 0) is 0 Å². The van der Waals surface area contributed by atoms with Gasteiger partial charge in [0.15, 0.2) is 0 Å². The molecule has 0 heterocycles. The summed E-state index contributed by atoms with van der Waals surface area (Å²) in [6, 6.07) is 0. The van der Waals surface area contributed by atoms with Crippen LogP contribution < -0.4 is 0 Å². The Balaban J connectivity index is 4.31. The average molecular weight is 241 g/mol. The summed E-state index contributed by atoms with van der Waals surface area (Å²) in [6.45, 7) is 13.8. The Bertz CT molecular complexity index is 125. The van der Waals surface area contributed by atoms with Crippen molar-refractivity contribution in [2.24, 2.45) is 0 Å². The van der Waals surface area contributed by atoms with Crippen LogP contribution in [0.15, 0.2) is 0 Å². The average Bonchev–Trinajstić information content (AvgIpc) is 2.27. The van der Waals surface area contributed by atoms with Gasteiger partial charge in [0.2, 0.25) is 0 Å². The van der Waals surface area contributed by atoms with E-state index >= 15 is 0 Å². The van der Waals surface area contributed by atoms with Gasteiger partial charge in [-0.2, -0.15) is 0 Å². The number of rotatable bonds is 10. The number of hydrogen-bond acceptors (Lipinski definition) is 2. The molecule has 16 heavy (non-hydrogen) atoms. The minimum atomic E-state index is 0.416. The molecule has 0 fully saturated rings. The molecule has 0 N–H and O–H groups in total. The van der Waals surface area contributed by atoms with Gasteiger partial charge in [0.1, 0.15) is 0 Å². The first-order valence-electron chi connectivity index (χ1n) is 6.90. The Morgan fingerprint density at radius 3 is 1.12 bits per heavy atom. The van der Waals surface area contributed by atoms with E-state index in [0.29, 0.717) is 5.79 Å². The van der Waals surface area contributed by atoms with Crippen LogP contribution in [0, 0.1) is 0 Å². The molecule has 0 saturated carbocycles. The SMILES string of the molecule is CCCN(CCC)C([Si])N(CCC)CCC. The summed E-state index contributed by atoms with van der Waals surface area (Å²) in [7, 11) is 3.92. The Kier molecular flexibility index (Phi) is 10.4. The van der Waals surface area contributed by atoms with E-state index in [-0.39, 0.29) is 0 Å². The number of hydrogen-bond donors (Lipinski definition) is 0. The first-order chi connectivity index (χ1) is 7.71. The van der Waals surface area contributed by atoms with Crippen LogP contribution in [0.5, 0.6) is 0 Å². The largest absolute Gasteiger partial charge is 0.292 e. The highest BCUT2D eigenvalue weighted by Crippen LogP contribution is 2.07. The van der Waals surface area contributed by atoms with Gasteiger partial charge in [-0.25, -0.2) is 0 Å². The first-order valence-corrected chi connectivity index (χ1v) is 7.48. The molecule has 0 aromatic heterocycles. The predicted octanol–water partition coefficient (Wildman–Crippen LogP) is 2.68. The third-order valence-corrected chi connectivity index (χ3v) is 3.47. The topological polar surface area (TPSA) is 6.48 Å². The van der Waals surface area contributed by atoms with Gasteiger partial charge in [0.05, 0.1) is 10.2 Å². The molecule has 95 valence electrons. The molecule has 3 radical (unpaired) electrons. The Morgan fingerprint density at radius 1 is 0.688 bits per heavy atom. The van der Waals surface area contributed by atoms with Crippen LogP contribution in [0.2, 0.25) is 0 Å². The lowest BCUT2D eigenvalue weighted by Gasteiger charge is -2.37. The third-order valence-electron chi connectivity index (χ3n) is 2.74. The standard InChI is InChI=1S/C13H29N2Si/c1-5-9-14(10-6-2)13(16)15(11-7-3)12-8-4/h13H,5-12H2,1-4H3. The summed E-state index contributed by atoms with van der Waals surface area (Å²) in [5.41, 5.74) is 0. The summed E-state index contributed by atoms with van der Waals surface area (Å²) in [5.74, 6) is 0.416. The zero-order valence-corrected chi connectivity index (χ0v) is 12.6. The summed E-state index contributed by atoms with van der Waals surface area (Å²) >= 11 is 0. The van der Waals surface area contributed by atoms with Gasteiger partial charge in [0, 0.05) is 5.79 Å². The third kappa shape index (κ3) is 6.02. The second-order valence-electron chi connectivity index (χ2n) is 4.45. The van der Waals surface area contributed by atoms with Gasteiger partial charge in [-0.3, -0.25) is 9.80 Å². The molecule has 0 amide bonds. The van der Waals surface area contributed by atoms with Gasteiger partial charge in [-0.1, -0.05) is 27.7 Å². The Labute approximate surface area is 106 Å². The predicted molar refractivity (Wildman–Crippen MR) is 73.9 cm³/mol. The van der Waals surface area contributed by atoms with E-state index in [1.54, 1.807) is 0 Å². The van der Waals surface area contributed by atoms with Crippen molar-refractivity contribution in [3.05, 3.63) is 0 Å². The van der Waals surface area contributed by atoms with Crippen LogP contribution in [0.25, 0.3) is 0 Å². The van der Waals surface area contributed by atoms with Crippen molar-refractivity contribution in [1.29, 1.82) is 0 Å². The number of nitrogens with zero attached hydrogens (tertiary/aromatic N) is 2. The molecule has 0 unspecified atom stereocenters. The smallest absolute Gasteiger partial charge is 0.0702 e. The van der Waals surface area contributed by atoms with Crippen molar-refractivity contribution in [3.8, 4) is 0 Å². The highest BCUT2D eigenvalue weighted by molar-refractivity contribution is 6.11. The first kappa shape index (κ1) is 16.1. The van der Waals surface area contributed by atoms with E-state index in [1.165, 1.54) is 51.9 Å². The summed E-state index contributed by atoms with van der Waals surface area (Å²) in [5, 5.41) is 0. The zero-order chi connectivity index (χ0) is 12.4. The van der Waals surface area contributed by atoms with Gasteiger partial charge in [-0.05, 0) is 51.9 Å². The molecule has 0 aromatic rings. The second kappa shape index (κ2) is 10.3. The van der Waals surface area contributed by atoms with E-state index < -0.39 is 0 Å². The van der Waals surface area contributed by atoms with E-state index in [0.717, 1.165) is 0 Å². The zero-order valence-electron chi connectivity index (χ0n) is 11.6. The Hall–Kier alpha value is 0.137. The molecule has 0 aliphatic heterocycles. The van der Waals surface area contributed by atoms with Crippen LogP contribution in [0.4, 0.5) is 0 Å². The molecular formula is C13H29N2Si. The maximum Gasteiger partial charge on any atom is 0.0702 e.